The summed E-state index contributed by atoms with van der Waals surface area (Å²) >= 11 is -2.07. The van der Waals surface area contributed by atoms with E-state index in [2.05, 4.69) is 116 Å². The van der Waals surface area contributed by atoms with Gasteiger partial charge in [0.2, 0.25) is 0 Å². The summed E-state index contributed by atoms with van der Waals surface area (Å²) in [5.41, 5.74) is 4.36. The number of hydrogen-bond acceptors (Lipinski definition) is 0. The van der Waals surface area contributed by atoms with Crippen LogP contribution in [0.2, 0.25) is 19.6 Å². The molecule has 2 aromatic carbocycles. The fourth-order valence-corrected chi connectivity index (χ4v) is 12.3. The Labute approximate surface area is 197 Å². The third-order valence-corrected chi connectivity index (χ3v) is 14.6. The Balaban J connectivity index is 0.00000210. The van der Waals surface area contributed by atoms with Crippen LogP contribution in [0.3, 0.4) is 0 Å². The van der Waals surface area contributed by atoms with E-state index in [1.54, 1.807) is 8.40 Å². The van der Waals surface area contributed by atoms with Gasteiger partial charge in [0.25, 0.3) is 0 Å². The minimum Gasteiger partial charge on any atom is -1.00 e. The molecule has 0 aromatic heterocycles. The first-order chi connectivity index (χ1) is 12.9. The molecule has 0 radical (unpaired) electrons. The Kier molecular flexibility index (Phi) is 10.5. The van der Waals surface area contributed by atoms with Crippen LogP contribution in [0.5, 0.6) is 0 Å². The minimum atomic E-state index is -2.07. The zero-order valence-electron chi connectivity index (χ0n) is 17.9. The van der Waals surface area contributed by atoms with Crippen molar-refractivity contribution in [1.29, 1.82) is 0 Å². The molecule has 0 spiro atoms. The average molecular weight is 521 g/mol. The topological polar surface area (TPSA) is 0 Å². The van der Waals surface area contributed by atoms with Crippen LogP contribution >= 0.6 is 0 Å². The molecule has 3 rings (SSSR count). The van der Waals surface area contributed by atoms with Crippen molar-refractivity contribution in [2.24, 2.45) is 0 Å². The van der Waals surface area contributed by atoms with E-state index < -0.39 is 29.3 Å². The van der Waals surface area contributed by atoms with Crippen LogP contribution in [0.25, 0.3) is 6.08 Å². The molecule has 29 heavy (non-hydrogen) atoms. The molecule has 0 fully saturated rings. The molecule has 0 bridgehead atoms. The second-order valence-electron chi connectivity index (χ2n) is 8.24. The van der Waals surface area contributed by atoms with Gasteiger partial charge in [0.05, 0.1) is 0 Å². The summed E-state index contributed by atoms with van der Waals surface area (Å²) in [6, 6.07) is 20.0. The maximum Gasteiger partial charge on any atom is -1.00 e. The number of halogens is 2. The van der Waals surface area contributed by atoms with E-state index in [1.807, 2.05) is 0 Å². The van der Waals surface area contributed by atoms with E-state index >= 15 is 0 Å². The SMILES string of the molecule is CC=C(C=[CH]/[Zr+2](=[C](\C)c1ccccc1)[CH]1C=Cc2ccccc21)[Si](C)(C)C.[Cl-].[Cl-]. The van der Waals surface area contributed by atoms with Crippen LogP contribution in [0, 0.1) is 0 Å². The van der Waals surface area contributed by atoms with Crippen molar-refractivity contribution in [3.05, 3.63) is 98.5 Å². The normalized spacial score (nSPS) is 16.1. The zero-order valence-corrected chi connectivity index (χ0v) is 22.9. The van der Waals surface area contributed by atoms with Crippen LogP contribution in [-0.4, -0.2) is 11.3 Å². The second kappa shape index (κ2) is 11.6. The summed E-state index contributed by atoms with van der Waals surface area (Å²) in [6.45, 7) is 11.9. The van der Waals surface area contributed by atoms with Gasteiger partial charge in [-0.2, -0.15) is 0 Å². The van der Waals surface area contributed by atoms with E-state index in [0.29, 0.717) is 3.63 Å². The molecule has 1 aliphatic carbocycles. The van der Waals surface area contributed by atoms with E-state index in [9.17, 15) is 0 Å². The molecule has 2 aromatic rings. The number of fused-ring (bicyclic) bond motifs is 1. The molecule has 0 aliphatic heterocycles. The van der Waals surface area contributed by atoms with Gasteiger partial charge in [-0.15, -0.1) is 0 Å². The summed E-state index contributed by atoms with van der Waals surface area (Å²) in [6.07, 6.45) is 9.63. The van der Waals surface area contributed by atoms with Crippen LogP contribution in [0.1, 0.15) is 34.2 Å². The van der Waals surface area contributed by atoms with Gasteiger partial charge in [-0.3, -0.25) is 0 Å². The monoisotopic (exact) mass is 518 g/mol. The molecule has 1 unspecified atom stereocenters. The first-order valence-electron chi connectivity index (χ1n) is 9.80. The zero-order chi connectivity index (χ0) is 19.4. The van der Waals surface area contributed by atoms with E-state index in [1.165, 1.54) is 16.7 Å². The molecule has 4 heteroatoms. The third-order valence-electron chi connectivity index (χ3n) is 5.39. The summed E-state index contributed by atoms with van der Waals surface area (Å²) in [5.74, 6) is 0. The predicted molar refractivity (Wildman–Crippen MR) is 121 cm³/mol. The Morgan fingerprint density at radius 2 is 1.55 bits per heavy atom. The van der Waals surface area contributed by atoms with E-state index in [4.69, 9.17) is 0 Å². The van der Waals surface area contributed by atoms with Crippen molar-refractivity contribution < 1.29 is 46.1 Å². The quantitative estimate of drug-likeness (QED) is 0.407. The maximum atomic E-state index is 2.65. The first-order valence-corrected chi connectivity index (χ1v) is 17.4. The molecule has 0 nitrogen and oxygen atoms in total. The smallest absolute Gasteiger partial charge is 1.00 e. The summed E-state index contributed by atoms with van der Waals surface area (Å²) in [5, 5.41) is 1.57. The molecule has 0 amide bonds. The largest absolute Gasteiger partial charge is 1.00 e. The molecule has 0 N–H and O–H groups in total. The van der Waals surface area contributed by atoms with Crippen LogP contribution in [0.15, 0.2) is 81.8 Å². The average Bonchev–Trinajstić information content (AvgIpc) is 3.08. The van der Waals surface area contributed by atoms with Crippen molar-refractivity contribution in [1.82, 2.24) is 0 Å². The minimum absolute atomic E-state index is 0. The summed E-state index contributed by atoms with van der Waals surface area (Å²) in [4.78, 5) is 0. The number of allylic oxidation sites excluding steroid dienone is 4. The van der Waals surface area contributed by atoms with Crippen LogP contribution in [-0.2, 0) is 21.3 Å². The molecule has 0 heterocycles. The molecule has 0 saturated heterocycles. The Morgan fingerprint density at radius 1 is 0.931 bits per heavy atom. The fourth-order valence-electron chi connectivity index (χ4n) is 3.80. The Morgan fingerprint density at radius 3 is 2.17 bits per heavy atom. The number of hydrogen-bond donors (Lipinski definition) is 0. The van der Waals surface area contributed by atoms with Gasteiger partial charge in [0, 0.05) is 0 Å². The van der Waals surface area contributed by atoms with E-state index in [-0.39, 0.29) is 24.8 Å². The predicted octanol–water partition coefficient (Wildman–Crippen LogP) is 0.959. The molecule has 0 saturated carbocycles. The summed E-state index contributed by atoms with van der Waals surface area (Å²) in [7, 11) is -1.30. The fraction of sp³-hybridized carbons (Fsp3) is 0.240. The molecule has 1 aliphatic rings. The van der Waals surface area contributed by atoms with Gasteiger partial charge in [0.1, 0.15) is 0 Å². The van der Waals surface area contributed by atoms with Gasteiger partial charge < -0.3 is 24.8 Å². The van der Waals surface area contributed by atoms with Crippen molar-refractivity contribution in [3.63, 3.8) is 0 Å². The van der Waals surface area contributed by atoms with Crippen LogP contribution < -0.4 is 24.8 Å². The van der Waals surface area contributed by atoms with E-state index in [0.717, 1.165) is 0 Å². The molecule has 152 valence electrons. The third kappa shape index (κ3) is 6.34. The van der Waals surface area contributed by atoms with Crippen molar-refractivity contribution in [3.8, 4) is 0 Å². The molecular weight excluding hydrogens is 490 g/mol. The standard InChI is InChI=1S/C9H7.C8H15Si.C8H8.2ClH.Zr/c1-2-5-9-7-3-6-8(9)4-1;1-6-8(7-2)9(3,4)5;1-2-8-6-4-3-5-7-8;;;/h1-7H;1,6-7H,2-5H3;3-7H,1H3;2*1H;/q;;;;;+2/p-2. The van der Waals surface area contributed by atoms with Gasteiger partial charge in [-0.25, -0.2) is 0 Å². The summed E-state index contributed by atoms with van der Waals surface area (Å²) < 4.78 is 4.88. The van der Waals surface area contributed by atoms with Crippen LogP contribution in [0.4, 0.5) is 0 Å². The van der Waals surface area contributed by atoms with Crippen molar-refractivity contribution in [2.45, 2.75) is 37.1 Å². The maximum absolute atomic E-state index is 2.65. The Bertz CT molecular complexity index is 935. The number of benzene rings is 2. The molecule has 1 atom stereocenters. The first kappa shape index (κ1) is 26.2. The Hall–Kier alpha value is -0.790. The van der Waals surface area contributed by atoms with Gasteiger partial charge in [0.15, 0.2) is 0 Å². The van der Waals surface area contributed by atoms with Gasteiger partial charge in [-0.05, 0) is 0 Å². The number of rotatable bonds is 5. The van der Waals surface area contributed by atoms with Crippen molar-refractivity contribution >= 4 is 17.4 Å². The second-order valence-corrected chi connectivity index (χ2v) is 19.7. The van der Waals surface area contributed by atoms with Gasteiger partial charge in [-0.1, -0.05) is 0 Å². The van der Waals surface area contributed by atoms with Crippen molar-refractivity contribution in [2.75, 3.05) is 0 Å². The molecular formula is C25H30Cl2SiZr. The van der Waals surface area contributed by atoms with Gasteiger partial charge >= 0.3 is 174 Å².